The molecule has 1 aromatic carbocycles. The van der Waals surface area contributed by atoms with Crippen LogP contribution in [0.3, 0.4) is 0 Å². The van der Waals surface area contributed by atoms with E-state index in [1.54, 1.807) is 19.9 Å². The highest BCUT2D eigenvalue weighted by Crippen LogP contribution is 2.25. The van der Waals surface area contributed by atoms with Crippen molar-refractivity contribution in [3.8, 4) is 5.75 Å². The zero-order valence-corrected chi connectivity index (χ0v) is 13.7. The van der Waals surface area contributed by atoms with Crippen molar-refractivity contribution in [2.45, 2.75) is 51.2 Å². The van der Waals surface area contributed by atoms with E-state index < -0.39 is 21.7 Å². The molecule has 1 unspecified atom stereocenters. The summed E-state index contributed by atoms with van der Waals surface area (Å²) in [6.07, 6.45) is -0.840. The lowest BCUT2D eigenvalue weighted by Crippen LogP contribution is -2.46. The second kappa shape index (κ2) is 6.03. The summed E-state index contributed by atoms with van der Waals surface area (Å²) in [5.41, 5.74) is 0.336. The number of ether oxygens (including phenoxy) is 1. The fourth-order valence-corrected chi connectivity index (χ4v) is 2.40. The summed E-state index contributed by atoms with van der Waals surface area (Å²) in [5, 5.41) is 7.94. The van der Waals surface area contributed by atoms with Gasteiger partial charge in [0, 0.05) is 5.54 Å². The predicted molar refractivity (Wildman–Crippen MR) is 80.5 cm³/mol. The van der Waals surface area contributed by atoms with Crippen LogP contribution in [-0.2, 0) is 14.8 Å². The Morgan fingerprint density at radius 3 is 2.38 bits per heavy atom. The van der Waals surface area contributed by atoms with Crippen LogP contribution in [0.2, 0.25) is 0 Å². The highest BCUT2D eigenvalue weighted by molar-refractivity contribution is 7.89. The van der Waals surface area contributed by atoms with Crippen molar-refractivity contribution < 1.29 is 17.9 Å². The van der Waals surface area contributed by atoms with Crippen molar-refractivity contribution in [2.75, 3.05) is 0 Å². The van der Waals surface area contributed by atoms with E-state index in [4.69, 9.17) is 9.88 Å². The number of carbonyl (C=O) groups excluding carboxylic acids is 1. The lowest BCUT2D eigenvalue weighted by molar-refractivity contribution is -0.128. The number of aryl methyl sites for hydroxylation is 1. The second-order valence-corrected chi connectivity index (χ2v) is 7.52. The first-order valence-electron chi connectivity index (χ1n) is 6.52. The summed E-state index contributed by atoms with van der Waals surface area (Å²) in [7, 11) is -3.92. The number of nitrogens with two attached hydrogens (primary N) is 1. The maximum atomic E-state index is 12.0. The van der Waals surface area contributed by atoms with Gasteiger partial charge in [-0.15, -0.1) is 0 Å². The second-order valence-electron chi connectivity index (χ2n) is 5.99. The van der Waals surface area contributed by atoms with E-state index >= 15 is 0 Å². The van der Waals surface area contributed by atoms with Crippen molar-refractivity contribution in [1.29, 1.82) is 0 Å². The first-order chi connectivity index (χ1) is 9.40. The molecule has 3 N–H and O–H groups in total. The van der Waals surface area contributed by atoms with Crippen LogP contribution in [0.15, 0.2) is 23.1 Å². The summed E-state index contributed by atoms with van der Waals surface area (Å²) < 4.78 is 28.6. The van der Waals surface area contributed by atoms with Gasteiger partial charge in [-0.1, -0.05) is 6.07 Å². The largest absolute Gasteiger partial charge is 0.479 e. The Balaban J connectivity index is 3.01. The van der Waals surface area contributed by atoms with Gasteiger partial charge in [-0.2, -0.15) is 0 Å². The minimum Gasteiger partial charge on any atom is -0.479 e. The molecule has 0 fully saturated rings. The van der Waals surface area contributed by atoms with Crippen LogP contribution in [0.25, 0.3) is 0 Å². The Bertz CT molecular complexity index is 633. The zero-order chi connectivity index (χ0) is 16.4. The van der Waals surface area contributed by atoms with Crippen LogP contribution < -0.4 is 15.2 Å². The lowest BCUT2D eigenvalue weighted by atomic mass is 10.1. The highest BCUT2D eigenvalue weighted by Gasteiger charge is 2.23. The van der Waals surface area contributed by atoms with Crippen LogP contribution in [0, 0.1) is 6.92 Å². The molecule has 0 saturated heterocycles. The van der Waals surface area contributed by atoms with Crippen molar-refractivity contribution in [3.05, 3.63) is 23.8 Å². The molecular formula is C14H22N2O4S. The molecule has 1 rings (SSSR count). The van der Waals surface area contributed by atoms with E-state index in [1.165, 1.54) is 12.1 Å². The van der Waals surface area contributed by atoms with Crippen LogP contribution in [0.1, 0.15) is 33.3 Å². The third kappa shape index (κ3) is 5.35. The van der Waals surface area contributed by atoms with Gasteiger partial charge in [-0.05, 0) is 52.3 Å². The van der Waals surface area contributed by atoms with E-state index in [0.717, 1.165) is 5.56 Å². The Morgan fingerprint density at radius 2 is 1.90 bits per heavy atom. The van der Waals surface area contributed by atoms with Crippen molar-refractivity contribution >= 4 is 15.9 Å². The van der Waals surface area contributed by atoms with E-state index in [0.29, 0.717) is 0 Å². The zero-order valence-electron chi connectivity index (χ0n) is 12.9. The molecule has 7 heteroatoms. The van der Waals surface area contributed by atoms with E-state index in [-0.39, 0.29) is 16.6 Å². The van der Waals surface area contributed by atoms with Gasteiger partial charge >= 0.3 is 0 Å². The number of hydrogen-bond acceptors (Lipinski definition) is 4. The molecule has 1 amide bonds. The Labute approximate surface area is 125 Å². The maximum Gasteiger partial charge on any atom is 0.261 e. The monoisotopic (exact) mass is 314 g/mol. The van der Waals surface area contributed by atoms with E-state index in [1.807, 2.05) is 20.8 Å². The van der Waals surface area contributed by atoms with Crippen molar-refractivity contribution in [2.24, 2.45) is 5.14 Å². The number of rotatable bonds is 4. The minimum atomic E-state index is -3.92. The van der Waals surface area contributed by atoms with Gasteiger partial charge in [0.15, 0.2) is 6.10 Å². The van der Waals surface area contributed by atoms with Gasteiger partial charge in [0.05, 0.1) is 0 Å². The number of nitrogens with one attached hydrogen (secondary N) is 1. The average Bonchev–Trinajstić information content (AvgIpc) is 2.27. The first-order valence-corrected chi connectivity index (χ1v) is 8.07. The van der Waals surface area contributed by atoms with Gasteiger partial charge in [0.2, 0.25) is 10.0 Å². The molecule has 1 atom stereocenters. The third-order valence-electron chi connectivity index (χ3n) is 2.58. The van der Waals surface area contributed by atoms with Crippen molar-refractivity contribution in [1.82, 2.24) is 5.32 Å². The van der Waals surface area contributed by atoms with Crippen LogP contribution in [0.4, 0.5) is 0 Å². The van der Waals surface area contributed by atoms with Gasteiger partial charge in [-0.25, -0.2) is 13.6 Å². The fraction of sp³-hybridized carbons (Fsp3) is 0.500. The maximum absolute atomic E-state index is 12.0. The average molecular weight is 314 g/mol. The summed E-state index contributed by atoms with van der Waals surface area (Å²) in [6, 6.07) is 4.60. The number of sulfonamides is 1. The summed E-state index contributed by atoms with van der Waals surface area (Å²) >= 11 is 0. The van der Waals surface area contributed by atoms with Crippen LogP contribution in [-0.4, -0.2) is 26.0 Å². The van der Waals surface area contributed by atoms with Crippen LogP contribution in [0.5, 0.6) is 5.75 Å². The normalized spacial score (nSPS) is 13.6. The topological polar surface area (TPSA) is 98.5 Å². The molecule has 0 saturated carbocycles. The summed E-state index contributed by atoms with van der Waals surface area (Å²) in [4.78, 5) is 11.8. The SMILES string of the molecule is Cc1ccc(OC(C)C(=O)NC(C)(C)C)c(S(N)(=O)=O)c1. The Morgan fingerprint density at radius 1 is 1.33 bits per heavy atom. The molecular weight excluding hydrogens is 292 g/mol. The fourth-order valence-electron chi connectivity index (χ4n) is 1.65. The number of amides is 1. The number of benzene rings is 1. The van der Waals surface area contributed by atoms with Crippen molar-refractivity contribution in [3.63, 3.8) is 0 Å². The Hall–Kier alpha value is -1.60. The standard InChI is InChI=1S/C14H22N2O4S/c1-9-6-7-11(12(8-9)21(15,18)19)20-10(2)13(17)16-14(3,4)5/h6-8,10H,1-5H3,(H,16,17)(H2,15,18,19). The van der Waals surface area contributed by atoms with E-state index in [9.17, 15) is 13.2 Å². The molecule has 0 heterocycles. The molecule has 118 valence electrons. The molecule has 6 nitrogen and oxygen atoms in total. The molecule has 0 aliphatic carbocycles. The van der Waals surface area contributed by atoms with Gasteiger partial charge < -0.3 is 10.1 Å². The molecule has 0 bridgehead atoms. The first kappa shape index (κ1) is 17.5. The van der Waals surface area contributed by atoms with Crippen LogP contribution >= 0.6 is 0 Å². The number of hydrogen-bond donors (Lipinski definition) is 2. The highest BCUT2D eigenvalue weighted by atomic mass is 32.2. The third-order valence-corrected chi connectivity index (χ3v) is 3.51. The summed E-state index contributed by atoms with van der Waals surface area (Å²) in [5.74, 6) is -0.261. The Kier molecular flexibility index (Phi) is 5.01. The molecule has 0 spiro atoms. The quantitative estimate of drug-likeness (QED) is 0.875. The lowest BCUT2D eigenvalue weighted by Gasteiger charge is -2.24. The molecule has 1 aromatic rings. The smallest absolute Gasteiger partial charge is 0.261 e. The number of carbonyl (C=O) groups is 1. The number of primary sulfonamides is 1. The molecule has 0 radical (unpaired) electrons. The molecule has 0 aromatic heterocycles. The van der Waals surface area contributed by atoms with E-state index in [2.05, 4.69) is 5.32 Å². The van der Waals surface area contributed by atoms with Gasteiger partial charge in [0.1, 0.15) is 10.6 Å². The van der Waals surface area contributed by atoms with Gasteiger partial charge in [-0.3, -0.25) is 4.79 Å². The van der Waals surface area contributed by atoms with Gasteiger partial charge in [0.25, 0.3) is 5.91 Å². The minimum absolute atomic E-state index is 0.0691. The molecule has 0 aliphatic heterocycles. The summed E-state index contributed by atoms with van der Waals surface area (Å²) in [6.45, 7) is 8.83. The molecule has 21 heavy (non-hydrogen) atoms. The predicted octanol–water partition coefficient (Wildman–Crippen LogP) is 1.32. The molecule has 0 aliphatic rings.